The number of aryl methyl sites for hydroxylation is 1. The van der Waals surface area contributed by atoms with Crippen molar-refractivity contribution in [3.63, 3.8) is 0 Å². The summed E-state index contributed by atoms with van der Waals surface area (Å²) < 4.78 is 45.9. The zero-order chi connectivity index (χ0) is 24.6. The maximum atomic E-state index is 10.6. The van der Waals surface area contributed by atoms with Crippen molar-refractivity contribution in [3.05, 3.63) is 42.4 Å². The highest BCUT2D eigenvalue weighted by molar-refractivity contribution is 5.73. The molecule has 11 heteroatoms. The van der Waals surface area contributed by atoms with Crippen molar-refractivity contribution in [1.82, 2.24) is 19.7 Å². The van der Waals surface area contributed by atoms with Crippen LogP contribution in [0.3, 0.4) is 0 Å². The molecule has 34 heavy (non-hydrogen) atoms. The Bertz CT molecular complexity index is 899. The van der Waals surface area contributed by atoms with Gasteiger partial charge >= 0.3 is 12.1 Å². The summed E-state index contributed by atoms with van der Waals surface area (Å²) in [5.74, 6) is -1.45. The van der Waals surface area contributed by atoms with E-state index in [0.717, 1.165) is 58.5 Å². The molecule has 0 bridgehead atoms. The minimum absolute atomic E-state index is 0.0532. The number of piperidine rings is 1. The second-order valence-electron chi connectivity index (χ2n) is 8.49. The van der Waals surface area contributed by atoms with Gasteiger partial charge in [0.2, 0.25) is 5.88 Å². The molecule has 2 aliphatic heterocycles. The van der Waals surface area contributed by atoms with E-state index < -0.39 is 12.1 Å². The average molecular weight is 485 g/mol. The summed E-state index contributed by atoms with van der Waals surface area (Å²) in [6, 6.07) is 5.79. The summed E-state index contributed by atoms with van der Waals surface area (Å²) in [6.45, 7) is 7.83. The number of ether oxygens (including phenoxy) is 2. The molecule has 2 aliphatic rings. The Morgan fingerprint density at radius 3 is 2.65 bits per heavy atom. The minimum Gasteiger partial charge on any atom is -0.478 e. The van der Waals surface area contributed by atoms with Crippen LogP contribution in [0.4, 0.5) is 13.2 Å². The van der Waals surface area contributed by atoms with Crippen molar-refractivity contribution in [2.45, 2.75) is 57.5 Å². The molecule has 4 rings (SSSR count). The van der Waals surface area contributed by atoms with Gasteiger partial charge in [0.05, 0.1) is 18.4 Å². The number of aromatic nitrogens is 3. The molecule has 0 aromatic carbocycles. The SMILES string of the molecule is CCn1cc(CN2CCC3(CC2)OCCC3CCOc2ccccn2)cn1.O=C(O)C(F)(F)F. The number of carboxylic acids is 1. The Labute approximate surface area is 196 Å². The zero-order valence-corrected chi connectivity index (χ0v) is 19.2. The number of carboxylic acid groups (broad SMARTS) is 1. The first kappa shape index (κ1) is 26.0. The lowest BCUT2D eigenvalue weighted by Crippen LogP contribution is -2.47. The Morgan fingerprint density at radius 1 is 1.32 bits per heavy atom. The first-order valence-corrected chi connectivity index (χ1v) is 11.4. The molecule has 0 amide bonds. The lowest BCUT2D eigenvalue weighted by molar-refractivity contribution is -0.192. The van der Waals surface area contributed by atoms with Crippen molar-refractivity contribution >= 4 is 5.97 Å². The number of rotatable bonds is 7. The van der Waals surface area contributed by atoms with Crippen LogP contribution in [-0.4, -0.2) is 68.8 Å². The topological polar surface area (TPSA) is 89.7 Å². The van der Waals surface area contributed by atoms with Crippen molar-refractivity contribution in [2.75, 3.05) is 26.3 Å². The summed E-state index contributed by atoms with van der Waals surface area (Å²) >= 11 is 0. The van der Waals surface area contributed by atoms with Gasteiger partial charge in [-0.1, -0.05) is 6.07 Å². The fraction of sp³-hybridized carbons (Fsp3) is 0.609. The first-order valence-electron chi connectivity index (χ1n) is 11.4. The zero-order valence-electron chi connectivity index (χ0n) is 19.2. The number of pyridine rings is 1. The van der Waals surface area contributed by atoms with Gasteiger partial charge in [0.25, 0.3) is 0 Å². The summed E-state index contributed by atoms with van der Waals surface area (Å²) in [5.41, 5.74) is 1.36. The highest BCUT2D eigenvalue weighted by atomic mass is 19.4. The smallest absolute Gasteiger partial charge is 0.478 e. The van der Waals surface area contributed by atoms with Crippen molar-refractivity contribution in [2.24, 2.45) is 5.92 Å². The average Bonchev–Trinajstić information content (AvgIpc) is 3.43. The van der Waals surface area contributed by atoms with Crippen LogP contribution in [0, 0.1) is 5.92 Å². The second kappa shape index (κ2) is 11.7. The lowest BCUT2D eigenvalue weighted by atomic mass is 9.78. The second-order valence-corrected chi connectivity index (χ2v) is 8.49. The molecule has 0 saturated carbocycles. The predicted molar refractivity (Wildman–Crippen MR) is 117 cm³/mol. The number of alkyl halides is 3. The molecule has 1 spiro atoms. The van der Waals surface area contributed by atoms with E-state index in [1.807, 2.05) is 29.1 Å². The fourth-order valence-electron chi connectivity index (χ4n) is 4.49. The third kappa shape index (κ3) is 7.17. The number of halogens is 3. The Hall–Kier alpha value is -2.66. The minimum atomic E-state index is -5.08. The third-order valence-corrected chi connectivity index (χ3v) is 6.32. The highest BCUT2D eigenvalue weighted by Crippen LogP contribution is 2.42. The predicted octanol–water partition coefficient (Wildman–Crippen LogP) is 3.77. The number of hydrogen-bond donors (Lipinski definition) is 1. The van der Waals surface area contributed by atoms with Crippen LogP contribution in [0.15, 0.2) is 36.8 Å². The van der Waals surface area contributed by atoms with Crippen LogP contribution >= 0.6 is 0 Å². The summed E-state index contributed by atoms with van der Waals surface area (Å²) in [6.07, 6.45) is 5.27. The molecule has 2 aromatic heterocycles. The Morgan fingerprint density at radius 2 is 2.06 bits per heavy atom. The van der Waals surface area contributed by atoms with E-state index in [-0.39, 0.29) is 5.60 Å². The van der Waals surface area contributed by atoms with E-state index >= 15 is 0 Å². The third-order valence-electron chi connectivity index (χ3n) is 6.32. The Kier molecular flexibility index (Phi) is 8.90. The van der Waals surface area contributed by atoms with Crippen LogP contribution < -0.4 is 4.74 Å². The quantitative estimate of drug-likeness (QED) is 0.640. The molecular formula is C23H31F3N4O4. The molecule has 0 aliphatic carbocycles. The summed E-state index contributed by atoms with van der Waals surface area (Å²) in [4.78, 5) is 15.7. The number of likely N-dealkylation sites (tertiary alicyclic amines) is 1. The van der Waals surface area contributed by atoms with E-state index in [2.05, 4.69) is 28.1 Å². The molecule has 0 radical (unpaired) electrons. The van der Waals surface area contributed by atoms with Crippen molar-refractivity contribution < 1.29 is 32.5 Å². The molecule has 188 valence electrons. The van der Waals surface area contributed by atoms with Gasteiger partial charge in [-0.25, -0.2) is 9.78 Å². The number of hydrogen-bond acceptors (Lipinski definition) is 6. The summed E-state index contributed by atoms with van der Waals surface area (Å²) in [7, 11) is 0. The highest BCUT2D eigenvalue weighted by Gasteiger charge is 2.45. The van der Waals surface area contributed by atoms with Crippen LogP contribution in [0.2, 0.25) is 0 Å². The number of carbonyl (C=O) groups is 1. The molecule has 8 nitrogen and oxygen atoms in total. The van der Waals surface area contributed by atoms with Crippen LogP contribution in [0.5, 0.6) is 5.88 Å². The van der Waals surface area contributed by atoms with Crippen LogP contribution in [-0.2, 0) is 22.6 Å². The molecule has 1 N–H and O–H groups in total. The number of aliphatic carboxylic acids is 1. The van der Waals surface area contributed by atoms with E-state index in [1.54, 1.807) is 6.20 Å². The molecule has 1 unspecified atom stereocenters. The monoisotopic (exact) mass is 484 g/mol. The molecule has 2 fully saturated rings. The van der Waals surface area contributed by atoms with E-state index in [9.17, 15) is 13.2 Å². The largest absolute Gasteiger partial charge is 0.490 e. The van der Waals surface area contributed by atoms with Crippen LogP contribution in [0.1, 0.15) is 38.2 Å². The van der Waals surface area contributed by atoms with Gasteiger partial charge in [-0.2, -0.15) is 18.3 Å². The van der Waals surface area contributed by atoms with E-state index in [4.69, 9.17) is 19.4 Å². The molecule has 4 heterocycles. The maximum Gasteiger partial charge on any atom is 0.490 e. The van der Waals surface area contributed by atoms with Crippen molar-refractivity contribution in [3.8, 4) is 5.88 Å². The molecule has 1 atom stereocenters. The van der Waals surface area contributed by atoms with Gasteiger partial charge in [0.1, 0.15) is 0 Å². The molecular weight excluding hydrogens is 453 g/mol. The first-order chi connectivity index (χ1) is 16.2. The van der Waals surface area contributed by atoms with Crippen molar-refractivity contribution in [1.29, 1.82) is 0 Å². The number of nitrogens with zero attached hydrogens (tertiary/aromatic N) is 4. The molecule has 2 saturated heterocycles. The van der Waals surface area contributed by atoms with Gasteiger partial charge in [-0.05, 0) is 44.6 Å². The normalized spacial score (nSPS) is 20.1. The van der Waals surface area contributed by atoms with Gasteiger partial charge in [-0.3, -0.25) is 9.58 Å². The molecule has 2 aromatic rings. The van der Waals surface area contributed by atoms with Gasteiger partial charge in [0, 0.05) is 56.8 Å². The van der Waals surface area contributed by atoms with Gasteiger partial charge < -0.3 is 14.6 Å². The lowest BCUT2D eigenvalue weighted by Gasteiger charge is -2.42. The van der Waals surface area contributed by atoms with Crippen LogP contribution in [0.25, 0.3) is 0 Å². The fourth-order valence-corrected chi connectivity index (χ4v) is 4.49. The standard InChI is InChI=1S/C21H30N4O2.C2HF3O2/c1-2-25-17-18(15-23-25)16-24-11-8-21(9-12-24)19(7-14-27-21)6-13-26-20-5-3-4-10-22-20;3-2(4,5)1(6)7/h3-5,10,15,17,19H,2,6-9,11-14,16H2,1H3;(H,6,7). The van der Waals surface area contributed by atoms with E-state index in [1.165, 1.54) is 5.56 Å². The Balaban J connectivity index is 0.000000406. The van der Waals surface area contributed by atoms with Gasteiger partial charge in [0.15, 0.2) is 0 Å². The van der Waals surface area contributed by atoms with E-state index in [0.29, 0.717) is 18.4 Å². The van der Waals surface area contributed by atoms with Gasteiger partial charge in [-0.15, -0.1) is 0 Å². The maximum absolute atomic E-state index is 10.6. The summed E-state index contributed by atoms with van der Waals surface area (Å²) in [5, 5.41) is 11.5.